The number of carbonyl (C=O) groups excluding carboxylic acids is 1. The van der Waals surface area contributed by atoms with E-state index in [-0.39, 0.29) is 11.6 Å². The van der Waals surface area contributed by atoms with Crippen LogP contribution in [0.3, 0.4) is 0 Å². The SMILES string of the molecule is Cc1nc(C)c(/C=C/C(=O)/C=C/c2ccc(F)cc2)nc1C. The summed E-state index contributed by atoms with van der Waals surface area (Å²) in [5.41, 5.74) is 3.98. The van der Waals surface area contributed by atoms with E-state index in [1.54, 1.807) is 24.3 Å². The van der Waals surface area contributed by atoms with E-state index in [0.717, 1.165) is 22.6 Å². The van der Waals surface area contributed by atoms with Gasteiger partial charge in [-0.15, -0.1) is 0 Å². The van der Waals surface area contributed by atoms with Gasteiger partial charge >= 0.3 is 0 Å². The van der Waals surface area contributed by atoms with Gasteiger partial charge in [-0.25, -0.2) is 9.37 Å². The number of hydrogen-bond donors (Lipinski definition) is 0. The van der Waals surface area contributed by atoms with Crippen LogP contribution in [0.2, 0.25) is 0 Å². The highest BCUT2D eigenvalue weighted by Crippen LogP contribution is 2.09. The van der Waals surface area contributed by atoms with Crippen LogP contribution in [0.1, 0.15) is 28.3 Å². The predicted octanol–water partition coefficient (Wildman–Crippen LogP) is 3.84. The van der Waals surface area contributed by atoms with Crippen molar-refractivity contribution in [2.75, 3.05) is 0 Å². The number of benzene rings is 1. The smallest absolute Gasteiger partial charge is 0.178 e. The Labute approximate surface area is 129 Å². The van der Waals surface area contributed by atoms with Crippen LogP contribution in [0, 0.1) is 26.6 Å². The molecule has 0 spiro atoms. The second-order valence-corrected chi connectivity index (χ2v) is 4.99. The van der Waals surface area contributed by atoms with E-state index in [1.807, 2.05) is 20.8 Å². The topological polar surface area (TPSA) is 42.9 Å². The van der Waals surface area contributed by atoms with E-state index >= 15 is 0 Å². The maximum Gasteiger partial charge on any atom is 0.178 e. The minimum atomic E-state index is -0.299. The van der Waals surface area contributed by atoms with Crippen molar-refractivity contribution in [1.29, 1.82) is 0 Å². The largest absolute Gasteiger partial charge is 0.290 e. The van der Waals surface area contributed by atoms with Gasteiger partial charge in [0.1, 0.15) is 5.82 Å². The fourth-order valence-electron chi connectivity index (χ4n) is 1.86. The van der Waals surface area contributed by atoms with Crippen molar-refractivity contribution in [2.45, 2.75) is 20.8 Å². The van der Waals surface area contributed by atoms with E-state index in [0.29, 0.717) is 5.69 Å². The molecule has 2 rings (SSSR count). The van der Waals surface area contributed by atoms with Gasteiger partial charge in [0.25, 0.3) is 0 Å². The zero-order valence-corrected chi connectivity index (χ0v) is 12.8. The first-order valence-corrected chi connectivity index (χ1v) is 6.93. The summed E-state index contributed by atoms with van der Waals surface area (Å²) in [5.74, 6) is -0.462. The second-order valence-electron chi connectivity index (χ2n) is 4.99. The summed E-state index contributed by atoms with van der Waals surface area (Å²) in [7, 11) is 0. The lowest BCUT2D eigenvalue weighted by atomic mass is 10.2. The number of ketones is 1. The molecule has 112 valence electrons. The highest BCUT2D eigenvalue weighted by atomic mass is 19.1. The third-order valence-electron chi connectivity index (χ3n) is 3.23. The molecular formula is C18H17FN2O. The maximum atomic E-state index is 12.8. The average Bonchev–Trinajstić information content (AvgIpc) is 2.49. The van der Waals surface area contributed by atoms with Gasteiger partial charge in [-0.2, -0.15) is 0 Å². The van der Waals surface area contributed by atoms with E-state index in [1.165, 1.54) is 24.3 Å². The molecule has 3 nitrogen and oxygen atoms in total. The van der Waals surface area contributed by atoms with Gasteiger partial charge in [0.05, 0.1) is 22.8 Å². The molecule has 0 radical (unpaired) electrons. The Balaban J connectivity index is 2.08. The first kappa shape index (κ1) is 15.8. The fraction of sp³-hybridized carbons (Fsp3) is 0.167. The van der Waals surface area contributed by atoms with Gasteiger partial charge < -0.3 is 0 Å². The standard InChI is InChI=1S/C18H17FN2O/c1-12-13(2)21-18(14(3)20-12)11-10-17(22)9-6-15-4-7-16(19)8-5-15/h4-11H,1-3H3/b9-6+,11-10+. The Bertz CT molecular complexity index is 746. The van der Waals surface area contributed by atoms with Crippen LogP contribution in [-0.2, 0) is 4.79 Å². The number of allylic oxidation sites excluding steroid dienone is 2. The quantitative estimate of drug-likeness (QED) is 0.805. The summed E-state index contributed by atoms with van der Waals surface area (Å²) in [6, 6.07) is 5.94. The van der Waals surface area contributed by atoms with Crippen LogP contribution in [0.25, 0.3) is 12.2 Å². The van der Waals surface area contributed by atoms with Crippen LogP contribution in [0.4, 0.5) is 4.39 Å². The Morgan fingerprint density at radius 1 is 0.909 bits per heavy atom. The Kier molecular flexibility index (Phi) is 4.94. The Morgan fingerprint density at radius 3 is 2.18 bits per heavy atom. The molecule has 4 heteroatoms. The van der Waals surface area contributed by atoms with E-state index < -0.39 is 0 Å². The van der Waals surface area contributed by atoms with Crippen molar-refractivity contribution < 1.29 is 9.18 Å². The molecular weight excluding hydrogens is 279 g/mol. The number of carbonyl (C=O) groups is 1. The zero-order valence-electron chi connectivity index (χ0n) is 12.8. The Morgan fingerprint density at radius 2 is 1.50 bits per heavy atom. The minimum Gasteiger partial charge on any atom is -0.290 e. The predicted molar refractivity (Wildman–Crippen MR) is 85.7 cm³/mol. The normalized spacial score (nSPS) is 11.5. The number of aryl methyl sites for hydroxylation is 3. The molecule has 0 saturated heterocycles. The summed E-state index contributed by atoms with van der Waals surface area (Å²) in [4.78, 5) is 20.6. The monoisotopic (exact) mass is 296 g/mol. The minimum absolute atomic E-state index is 0.163. The Hall–Kier alpha value is -2.62. The molecule has 0 unspecified atom stereocenters. The van der Waals surface area contributed by atoms with E-state index in [9.17, 15) is 9.18 Å². The average molecular weight is 296 g/mol. The molecule has 0 aliphatic rings. The van der Waals surface area contributed by atoms with Crippen molar-refractivity contribution >= 4 is 17.9 Å². The van der Waals surface area contributed by atoms with Crippen LogP contribution in [-0.4, -0.2) is 15.8 Å². The summed E-state index contributed by atoms with van der Waals surface area (Å²) in [5, 5.41) is 0. The number of aromatic nitrogens is 2. The maximum absolute atomic E-state index is 12.8. The molecule has 0 amide bonds. The summed E-state index contributed by atoms with van der Waals surface area (Å²) >= 11 is 0. The highest BCUT2D eigenvalue weighted by molar-refractivity contribution is 6.04. The molecule has 0 aliphatic carbocycles. The van der Waals surface area contributed by atoms with Crippen molar-refractivity contribution in [3.63, 3.8) is 0 Å². The van der Waals surface area contributed by atoms with Crippen molar-refractivity contribution in [2.24, 2.45) is 0 Å². The third-order valence-corrected chi connectivity index (χ3v) is 3.23. The molecule has 0 N–H and O–H groups in total. The molecule has 0 bridgehead atoms. The van der Waals surface area contributed by atoms with Crippen LogP contribution in [0.5, 0.6) is 0 Å². The summed E-state index contributed by atoms with van der Waals surface area (Å²) in [6.45, 7) is 5.65. The van der Waals surface area contributed by atoms with Gasteiger partial charge in [-0.1, -0.05) is 18.2 Å². The second kappa shape index (κ2) is 6.89. The van der Waals surface area contributed by atoms with Gasteiger partial charge in [0.15, 0.2) is 5.78 Å². The molecule has 2 aromatic rings. The lowest BCUT2D eigenvalue weighted by molar-refractivity contribution is -0.110. The molecule has 0 aliphatic heterocycles. The van der Waals surface area contributed by atoms with Crippen LogP contribution in [0.15, 0.2) is 36.4 Å². The number of hydrogen-bond acceptors (Lipinski definition) is 3. The van der Waals surface area contributed by atoms with Gasteiger partial charge in [0.2, 0.25) is 0 Å². The zero-order chi connectivity index (χ0) is 16.1. The first-order chi connectivity index (χ1) is 10.5. The van der Waals surface area contributed by atoms with Crippen LogP contribution < -0.4 is 0 Å². The molecule has 1 heterocycles. The van der Waals surface area contributed by atoms with Crippen molar-refractivity contribution in [3.8, 4) is 0 Å². The molecule has 0 atom stereocenters. The van der Waals surface area contributed by atoms with Gasteiger partial charge in [0, 0.05) is 0 Å². The van der Waals surface area contributed by atoms with E-state index in [4.69, 9.17) is 0 Å². The lowest BCUT2D eigenvalue weighted by Crippen LogP contribution is -1.99. The van der Waals surface area contributed by atoms with Crippen molar-refractivity contribution in [3.05, 3.63) is 70.6 Å². The molecule has 22 heavy (non-hydrogen) atoms. The van der Waals surface area contributed by atoms with Crippen molar-refractivity contribution in [1.82, 2.24) is 9.97 Å². The number of rotatable bonds is 4. The van der Waals surface area contributed by atoms with Gasteiger partial charge in [-0.05, 0) is 56.7 Å². The lowest BCUT2D eigenvalue weighted by Gasteiger charge is -2.03. The molecule has 1 aromatic carbocycles. The van der Waals surface area contributed by atoms with Crippen LogP contribution >= 0.6 is 0 Å². The highest BCUT2D eigenvalue weighted by Gasteiger charge is 2.02. The number of halogens is 1. The molecule has 0 saturated carbocycles. The molecule has 1 aromatic heterocycles. The third kappa shape index (κ3) is 4.19. The molecule has 0 fully saturated rings. The number of nitrogens with zero attached hydrogens (tertiary/aromatic N) is 2. The summed E-state index contributed by atoms with van der Waals surface area (Å²) < 4.78 is 12.8. The first-order valence-electron chi connectivity index (χ1n) is 6.93. The fourth-order valence-corrected chi connectivity index (χ4v) is 1.86. The summed E-state index contributed by atoms with van der Waals surface area (Å²) in [6.07, 6.45) is 6.19. The van der Waals surface area contributed by atoms with E-state index in [2.05, 4.69) is 9.97 Å². The van der Waals surface area contributed by atoms with Gasteiger partial charge in [-0.3, -0.25) is 9.78 Å².